The van der Waals surface area contributed by atoms with Gasteiger partial charge in [0.05, 0.1) is 0 Å². The first-order valence-corrected chi connectivity index (χ1v) is 8.69. The van der Waals surface area contributed by atoms with Crippen LogP contribution in [0.1, 0.15) is 18.7 Å². The summed E-state index contributed by atoms with van der Waals surface area (Å²) < 4.78 is 5.36. The van der Waals surface area contributed by atoms with Gasteiger partial charge in [-0.2, -0.15) is 16.3 Å². The molecule has 6 nitrogen and oxygen atoms in total. The number of nitrogens with one attached hydrogen (secondary N) is 1. The van der Waals surface area contributed by atoms with Crippen molar-refractivity contribution < 1.29 is 9.32 Å². The van der Waals surface area contributed by atoms with Gasteiger partial charge in [0.1, 0.15) is 0 Å². The maximum atomic E-state index is 12.0. The summed E-state index contributed by atoms with van der Waals surface area (Å²) in [6, 6.07) is 1.95. The Morgan fingerprint density at radius 2 is 2.52 bits per heavy atom. The first-order valence-electron chi connectivity index (χ1n) is 7.75. The normalized spacial score (nSPS) is 17.9. The van der Waals surface area contributed by atoms with E-state index in [0.29, 0.717) is 30.6 Å². The van der Waals surface area contributed by atoms with Crippen LogP contribution in [0, 0.1) is 5.92 Å². The van der Waals surface area contributed by atoms with Crippen molar-refractivity contribution in [3.05, 3.63) is 35.4 Å². The zero-order chi connectivity index (χ0) is 16.1. The first kappa shape index (κ1) is 15.7. The highest BCUT2D eigenvalue weighted by atomic mass is 32.1. The summed E-state index contributed by atoms with van der Waals surface area (Å²) in [5.74, 6) is 1.64. The Morgan fingerprint density at radius 1 is 1.61 bits per heavy atom. The van der Waals surface area contributed by atoms with Crippen LogP contribution in [0.4, 0.5) is 4.79 Å². The first-order chi connectivity index (χ1) is 11.3. The molecule has 23 heavy (non-hydrogen) atoms. The van der Waals surface area contributed by atoms with E-state index >= 15 is 0 Å². The van der Waals surface area contributed by atoms with Crippen molar-refractivity contribution in [1.82, 2.24) is 20.4 Å². The zero-order valence-corrected chi connectivity index (χ0v) is 13.7. The number of hydrogen-bond acceptors (Lipinski definition) is 5. The van der Waals surface area contributed by atoms with Crippen LogP contribution < -0.4 is 5.32 Å². The van der Waals surface area contributed by atoms with Gasteiger partial charge in [-0.05, 0) is 30.2 Å². The second-order valence-electron chi connectivity index (χ2n) is 5.66. The van der Waals surface area contributed by atoms with E-state index in [2.05, 4.69) is 22.0 Å². The number of thiophene rings is 1. The number of aromatic nitrogens is 2. The van der Waals surface area contributed by atoms with Crippen LogP contribution in [0.15, 0.2) is 34.0 Å². The number of amides is 2. The van der Waals surface area contributed by atoms with E-state index < -0.39 is 0 Å². The highest BCUT2D eigenvalue weighted by Gasteiger charge is 2.25. The second-order valence-corrected chi connectivity index (χ2v) is 6.44. The molecular formula is C16H20N4O2S. The molecular weight excluding hydrogens is 312 g/mol. The van der Waals surface area contributed by atoms with Gasteiger partial charge >= 0.3 is 6.03 Å². The third-order valence-corrected chi connectivity index (χ3v) is 4.60. The van der Waals surface area contributed by atoms with E-state index in [1.165, 1.54) is 0 Å². The predicted molar refractivity (Wildman–Crippen MR) is 89.2 cm³/mol. The summed E-state index contributed by atoms with van der Waals surface area (Å²) in [4.78, 5) is 18.3. The van der Waals surface area contributed by atoms with Gasteiger partial charge in [-0.15, -0.1) is 6.58 Å². The van der Waals surface area contributed by atoms with Crippen LogP contribution >= 0.6 is 11.3 Å². The molecule has 0 bridgehead atoms. The molecule has 0 saturated carbocycles. The average Bonchev–Trinajstić information content (AvgIpc) is 3.24. The fourth-order valence-electron chi connectivity index (χ4n) is 2.78. The van der Waals surface area contributed by atoms with Crippen molar-refractivity contribution >= 4 is 17.4 Å². The Morgan fingerprint density at radius 3 is 3.30 bits per heavy atom. The molecule has 1 aliphatic rings. The lowest BCUT2D eigenvalue weighted by molar-refractivity contribution is 0.162. The fourth-order valence-corrected chi connectivity index (χ4v) is 3.42. The molecule has 1 fully saturated rings. The van der Waals surface area contributed by atoms with Gasteiger partial charge in [-0.3, -0.25) is 0 Å². The summed E-state index contributed by atoms with van der Waals surface area (Å²) >= 11 is 1.61. The highest BCUT2D eigenvalue weighted by molar-refractivity contribution is 7.08. The number of nitrogens with zero attached hydrogens (tertiary/aromatic N) is 3. The summed E-state index contributed by atoms with van der Waals surface area (Å²) in [5, 5.41) is 10.9. The lowest BCUT2D eigenvalue weighted by atomic mass is 9.95. The van der Waals surface area contributed by atoms with Crippen LogP contribution in [-0.2, 0) is 6.42 Å². The average molecular weight is 332 g/mol. The minimum Gasteiger partial charge on any atom is -0.339 e. The van der Waals surface area contributed by atoms with Crippen LogP contribution in [0.25, 0.3) is 11.4 Å². The lowest BCUT2D eigenvalue weighted by Crippen LogP contribution is -2.45. The molecule has 2 amide bonds. The maximum absolute atomic E-state index is 12.0. The third kappa shape index (κ3) is 3.98. The van der Waals surface area contributed by atoms with E-state index in [9.17, 15) is 4.79 Å². The van der Waals surface area contributed by atoms with Crippen LogP contribution in [0.2, 0.25) is 0 Å². The van der Waals surface area contributed by atoms with E-state index in [4.69, 9.17) is 4.52 Å². The minimum absolute atomic E-state index is 0.0286. The molecule has 1 atom stereocenters. The van der Waals surface area contributed by atoms with Crippen LogP contribution in [0.5, 0.6) is 0 Å². The van der Waals surface area contributed by atoms with Gasteiger partial charge in [0, 0.05) is 37.0 Å². The molecule has 2 aromatic rings. The number of carbonyl (C=O) groups excluding carboxylic acids is 1. The molecule has 1 N–H and O–H groups in total. The van der Waals surface area contributed by atoms with Crippen molar-refractivity contribution in [2.45, 2.75) is 19.3 Å². The fraction of sp³-hybridized carbons (Fsp3) is 0.438. The SMILES string of the molecule is C=CCNC(=O)N1CCCC(Cc2nc(-c3ccsc3)no2)C1. The Kier molecular flexibility index (Phi) is 5.07. The van der Waals surface area contributed by atoms with Crippen molar-refractivity contribution in [3.8, 4) is 11.4 Å². The molecule has 2 aromatic heterocycles. The van der Waals surface area contributed by atoms with Crippen molar-refractivity contribution in [2.24, 2.45) is 5.92 Å². The highest BCUT2D eigenvalue weighted by Crippen LogP contribution is 2.23. The monoisotopic (exact) mass is 332 g/mol. The number of piperidine rings is 1. The van der Waals surface area contributed by atoms with Gasteiger partial charge in [0.2, 0.25) is 11.7 Å². The standard InChI is InChI=1S/C16H20N4O2S/c1-2-6-17-16(21)20-7-3-4-12(10-20)9-14-18-15(19-22-14)13-5-8-23-11-13/h2,5,8,11-12H,1,3-4,6-7,9-10H2,(H,17,21). The second kappa shape index (κ2) is 7.41. The molecule has 0 radical (unpaired) electrons. The summed E-state index contributed by atoms with van der Waals surface area (Å²) in [6.45, 7) is 5.62. The van der Waals surface area contributed by atoms with Gasteiger partial charge in [0.25, 0.3) is 0 Å². The molecule has 0 aliphatic carbocycles. The molecule has 122 valence electrons. The Labute approximate surface area is 139 Å². The topological polar surface area (TPSA) is 71.3 Å². The van der Waals surface area contributed by atoms with Gasteiger partial charge in [-0.25, -0.2) is 4.79 Å². The molecule has 3 rings (SSSR count). The molecule has 3 heterocycles. The minimum atomic E-state index is -0.0286. The summed E-state index contributed by atoms with van der Waals surface area (Å²) in [5.41, 5.74) is 0.985. The third-order valence-electron chi connectivity index (χ3n) is 3.91. The number of carbonyl (C=O) groups is 1. The van der Waals surface area contributed by atoms with Gasteiger partial charge < -0.3 is 14.7 Å². The molecule has 0 aromatic carbocycles. The van der Waals surface area contributed by atoms with E-state index in [-0.39, 0.29) is 6.03 Å². The number of urea groups is 1. The molecule has 0 spiro atoms. The van der Waals surface area contributed by atoms with E-state index in [1.807, 2.05) is 21.7 Å². The molecule has 1 unspecified atom stereocenters. The summed E-state index contributed by atoms with van der Waals surface area (Å²) in [7, 11) is 0. The summed E-state index contributed by atoms with van der Waals surface area (Å²) in [6.07, 6.45) is 4.46. The van der Waals surface area contributed by atoms with Gasteiger partial charge in [-0.1, -0.05) is 11.2 Å². The Bertz CT molecular complexity index is 653. The molecule has 1 saturated heterocycles. The Hall–Kier alpha value is -2.15. The van der Waals surface area contributed by atoms with Crippen LogP contribution in [-0.4, -0.2) is 40.7 Å². The van der Waals surface area contributed by atoms with Crippen molar-refractivity contribution in [2.75, 3.05) is 19.6 Å². The van der Waals surface area contributed by atoms with E-state index in [0.717, 1.165) is 31.5 Å². The molecule has 1 aliphatic heterocycles. The van der Waals surface area contributed by atoms with E-state index in [1.54, 1.807) is 17.4 Å². The molecule has 7 heteroatoms. The quantitative estimate of drug-likeness (QED) is 0.855. The van der Waals surface area contributed by atoms with Gasteiger partial charge in [0.15, 0.2) is 0 Å². The lowest BCUT2D eigenvalue weighted by Gasteiger charge is -2.32. The number of likely N-dealkylation sites (tertiary alicyclic amines) is 1. The van der Waals surface area contributed by atoms with Crippen LogP contribution in [0.3, 0.4) is 0 Å². The Balaban J connectivity index is 1.57. The number of hydrogen-bond donors (Lipinski definition) is 1. The largest absolute Gasteiger partial charge is 0.339 e. The number of rotatable bonds is 5. The predicted octanol–water partition coefficient (Wildman–Crippen LogP) is 2.95. The van der Waals surface area contributed by atoms with Crippen molar-refractivity contribution in [3.63, 3.8) is 0 Å². The smallest absolute Gasteiger partial charge is 0.317 e. The zero-order valence-electron chi connectivity index (χ0n) is 12.9. The van der Waals surface area contributed by atoms with Crippen molar-refractivity contribution in [1.29, 1.82) is 0 Å². The maximum Gasteiger partial charge on any atom is 0.317 e.